The number of likely N-dealkylation sites (tertiary alicyclic amines) is 1. The number of nitrogens with zero attached hydrogens (tertiary/aromatic N) is 3. The maximum Gasteiger partial charge on any atom is 0.191 e. The highest BCUT2D eigenvalue weighted by molar-refractivity contribution is 14.0. The first-order valence-electron chi connectivity index (χ1n) is 9.63. The molecule has 2 rings (SSSR count). The Balaban J connectivity index is 0.00000338. The van der Waals surface area contributed by atoms with Gasteiger partial charge in [0.2, 0.25) is 0 Å². The SMILES string of the molecule is CCNC(=NCC(c1ccccc1)N(C)C)NCC1CCCN1CC.I. The van der Waals surface area contributed by atoms with Gasteiger partial charge in [0.15, 0.2) is 5.96 Å². The molecule has 6 heteroatoms. The van der Waals surface area contributed by atoms with Crippen LogP contribution >= 0.6 is 24.0 Å². The third-order valence-electron chi connectivity index (χ3n) is 4.98. The van der Waals surface area contributed by atoms with Gasteiger partial charge in [0.1, 0.15) is 0 Å². The first-order chi connectivity index (χ1) is 12.2. The van der Waals surface area contributed by atoms with Crippen molar-refractivity contribution in [2.24, 2.45) is 4.99 Å². The zero-order valence-electron chi connectivity index (χ0n) is 16.7. The predicted molar refractivity (Wildman–Crippen MR) is 123 cm³/mol. The maximum atomic E-state index is 4.86. The van der Waals surface area contributed by atoms with Crippen LogP contribution in [0.3, 0.4) is 0 Å². The van der Waals surface area contributed by atoms with Gasteiger partial charge in [-0.05, 0) is 52.5 Å². The van der Waals surface area contributed by atoms with Crippen molar-refractivity contribution < 1.29 is 0 Å². The Bertz CT molecular complexity index is 520. The smallest absolute Gasteiger partial charge is 0.191 e. The van der Waals surface area contributed by atoms with Crippen LogP contribution in [0.5, 0.6) is 0 Å². The van der Waals surface area contributed by atoms with Crippen molar-refractivity contribution in [2.45, 2.75) is 38.8 Å². The van der Waals surface area contributed by atoms with Crippen LogP contribution in [0.2, 0.25) is 0 Å². The minimum atomic E-state index is 0. The molecule has 2 atom stereocenters. The van der Waals surface area contributed by atoms with Crippen LogP contribution in [-0.4, -0.2) is 68.6 Å². The van der Waals surface area contributed by atoms with E-state index < -0.39 is 0 Å². The molecule has 2 unspecified atom stereocenters. The predicted octanol–water partition coefficient (Wildman–Crippen LogP) is 2.95. The second kappa shape index (κ2) is 12.5. The molecule has 0 aromatic heterocycles. The fourth-order valence-electron chi connectivity index (χ4n) is 3.52. The van der Waals surface area contributed by atoms with Gasteiger partial charge in [0.25, 0.3) is 0 Å². The Hall–Kier alpha value is -0.860. The van der Waals surface area contributed by atoms with Crippen molar-refractivity contribution in [3.8, 4) is 0 Å². The average molecular weight is 473 g/mol. The van der Waals surface area contributed by atoms with Gasteiger partial charge in [-0.1, -0.05) is 37.3 Å². The first kappa shape index (κ1) is 23.2. The summed E-state index contributed by atoms with van der Waals surface area (Å²) in [6, 6.07) is 11.5. The summed E-state index contributed by atoms with van der Waals surface area (Å²) in [7, 11) is 4.23. The van der Waals surface area contributed by atoms with Crippen molar-refractivity contribution in [2.75, 3.05) is 46.8 Å². The van der Waals surface area contributed by atoms with Crippen molar-refractivity contribution in [3.63, 3.8) is 0 Å². The Morgan fingerprint density at radius 1 is 1.23 bits per heavy atom. The average Bonchev–Trinajstić information content (AvgIpc) is 3.08. The number of likely N-dealkylation sites (N-methyl/N-ethyl adjacent to an activating group) is 2. The van der Waals surface area contributed by atoms with E-state index in [1.165, 1.54) is 24.9 Å². The van der Waals surface area contributed by atoms with Crippen molar-refractivity contribution in [1.82, 2.24) is 20.4 Å². The van der Waals surface area contributed by atoms with Gasteiger partial charge >= 0.3 is 0 Å². The number of aliphatic imine (C=N–C) groups is 1. The number of hydrogen-bond donors (Lipinski definition) is 2. The second-order valence-electron chi connectivity index (χ2n) is 6.92. The molecule has 0 aliphatic carbocycles. The Morgan fingerprint density at radius 3 is 2.58 bits per heavy atom. The zero-order chi connectivity index (χ0) is 18.1. The van der Waals surface area contributed by atoms with Crippen LogP contribution in [0, 0.1) is 0 Å². The van der Waals surface area contributed by atoms with E-state index in [0.717, 1.165) is 32.1 Å². The fourth-order valence-corrected chi connectivity index (χ4v) is 3.52. The van der Waals surface area contributed by atoms with E-state index in [0.29, 0.717) is 6.04 Å². The van der Waals surface area contributed by atoms with Crippen molar-refractivity contribution in [3.05, 3.63) is 35.9 Å². The molecule has 1 saturated heterocycles. The lowest BCUT2D eigenvalue weighted by atomic mass is 10.1. The maximum absolute atomic E-state index is 4.86. The van der Waals surface area contributed by atoms with Gasteiger partial charge in [-0.15, -0.1) is 24.0 Å². The highest BCUT2D eigenvalue weighted by Crippen LogP contribution is 2.18. The van der Waals surface area contributed by atoms with E-state index in [-0.39, 0.29) is 30.0 Å². The highest BCUT2D eigenvalue weighted by Gasteiger charge is 2.22. The Kier molecular flexibility index (Phi) is 11.2. The Labute approximate surface area is 176 Å². The number of hydrogen-bond acceptors (Lipinski definition) is 3. The number of nitrogens with one attached hydrogen (secondary N) is 2. The fraction of sp³-hybridized carbons (Fsp3) is 0.650. The first-order valence-corrected chi connectivity index (χ1v) is 9.63. The van der Waals surface area contributed by atoms with Crippen molar-refractivity contribution >= 4 is 29.9 Å². The van der Waals surface area contributed by atoms with Crippen LogP contribution in [0.4, 0.5) is 0 Å². The topological polar surface area (TPSA) is 42.9 Å². The summed E-state index contributed by atoms with van der Waals surface area (Å²) in [6.07, 6.45) is 2.59. The number of benzene rings is 1. The molecule has 0 spiro atoms. The number of guanidine groups is 1. The van der Waals surface area contributed by atoms with E-state index in [2.05, 4.69) is 78.7 Å². The van der Waals surface area contributed by atoms with Gasteiger partial charge in [-0.3, -0.25) is 9.89 Å². The molecule has 0 radical (unpaired) electrons. The molecule has 148 valence electrons. The molecular formula is C20H36IN5. The normalized spacial score (nSPS) is 19.3. The van der Waals surface area contributed by atoms with Crippen LogP contribution in [0.1, 0.15) is 38.3 Å². The third kappa shape index (κ3) is 7.04. The quantitative estimate of drug-likeness (QED) is 0.346. The molecule has 0 bridgehead atoms. The summed E-state index contributed by atoms with van der Waals surface area (Å²) in [5.74, 6) is 0.924. The third-order valence-corrected chi connectivity index (χ3v) is 4.98. The number of halogens is 1. The number of rotatable bonds is 8. The van der Waals surface area contributed by atoms with E-state index in [1.54, 1.807) is 0 Å². The monoisotopic (exact) mass is 473 g/mol. The van der Waals surface area contributed by atoms with Crippen LogP contribution in [0.25, 0.3) is 0 Å². The Morgan fingerprint density at radius 2 is 1.96 bits per heavy atom. The lowest BCUT2D eigenvalue weighted by molar-refractivity contribution is 0.266. The molecule has 1 aromatic rings. The standard InChI is InChI=1S/C20H35N5.HI/c1-5-21-20(22-15-18-13-10-14-25(18)6-2)23-16-19(24(3)4)17-11-8-7-9-12-17;/h7-9,11-12,18-19H,5-6,10,13-16H2,1-4H3,(H2,21,22,23);1H. The molecule has 5 nitrogen and oxygen atoms in total. The highest BCUT2D eigenvalue weighted by atomic mass is 127. The summed E-state index contributed by atoms with van der Waals surface area (Å²) >= 11 is 0. The molecule has 0 saturated carbocycles. The van der Waals surface area contributed by atoms with Crippen molar-refractivity contribution in [1.29, 1.82) is 0 Å². The van der Waals surface area contributed by atoms with E-state index in [1.807, 2.05) is 0 Å². The van der Waals surface area contributed by atoms with Gasteiger partial charge in [-0.25, -0.2) is 0 Å². The molecule has 1 aliphatic heterocycles. The largest absolute Gasteiger partial charge is 0.357 e. The van der Waals surface area contributed by atoms with E-state index in [9.17, 15) is 0 Å². The lowest BCUT2D eigenvalue weighted by Crippen LogP contribution is -2.45. The lowest BCUT2D eigenvalue weighted by Gasteiger charge is -2.25. The zero-order valence-corrected chi connectivity index (χ0v) is 19.1. The van der Waals surface area contributed by atoms with E-state index in [4.69, 9.17) is 4.99 Å². The van der Waals surface area contributed by atoms with Crippen LogP contribution < -0.4 is 10.6 Å². The minimum Gasteiger partial charge on any atom is -0.357 e. The second-order valence-corrected chi connectivity index (χ2v) is 6.92. The molecule has 1 heterocycles. The summed E-state index contributed by atoms with van der Waals surface area (Å²) in [4.78, 5) is 9.65. The summed E-state index contributed by atoms with van der Waals surface area (Å²) < 4.78 is 0. The molecular weight excluding hydrogens is 437 g/mol. The van der Waals surface area contributed by atoms with Gasteiger partial charge in [0, 0.05) is 19.1 Å². The van der Waals surface area contributed by atoms with Crippen LogP contribution in [-0.2, 0) is 0 Å². The summed E-state index contributed by atoms with van der Waals surface area (Å²) in [5, 5.41) is 6.94. The van der Waals surface area contributed by atoms with Gasteiger partial charge < -0.3 is 15.5 Å². The molecule has 2 N–H and O–H groups in total. The molecule has 26 heavy (non-hydrogen) atoms. The molecule has 1 aromatic carbocycles. The minimum absolute atomic E-state index is 0. The van der Waals surface area contributed by atoms with Gasteiger partial charge in [-0.2, -0.15) is 0 Å². The van der Waals surface area contributed by atoms with Crippen LogP contribution in [0.15, 0.2) is 35.3 Å². The van der Waals surface area contributed by atoms with Gasteiger partial charge in [0.05, 0.1) is 12.6 Å². The summed E-state index contributed by atoms with van der Waals surface area (Å²) in [5.41, 5.74) is 1.31. The molecule has 1 fully saturated rings. The molecule has 1 aliphatic rings. The summed E-state index contributed by atoms with van der Waals surface area (Å²) in [6.45, 7) is 9.33. The van der Waals surface area contributed by atoms with E-state index >= 15 is 0 Å². The molecule has 0 amide bonds.